The minimum Gasteiger partial charge on any atom is -0.302 e. The van der Waals surface area contributed by atoms with E-state index >= 15 is 0 Å². The van der Waals surface area contributed by atoms with Crippen LogP contribution in [0.3, 0.4) is 0 Å². The molecule has 0 fully saturated rings. The molecule has 2 aromatic rings. The lowest BCUT2D eigenvalue weighted by Gasteiger charge is -1.96. The maximum atomic E-state index is 11.2. The molecule has 0 aliphatic heterocycles. The highest BCUT2D eigenvalue weighted by Crippen LogP contribution is 2.21. The second kappa shape index (κ2) is 7.30. The van der Waals surface area contributed by atoms with Gasteiger partial charge in [0.1, 0.15) is 0 Å². The van der Waals surface area contributed by atoms with Crippen LogP contribution in [0.2, 0.25) is 0 Å². The molecule has 0 aliphatic rings. The van der Waals surface area contributed by atoms with Gasteiger partial charge in [-0.25, -0.2) is 10.8 Å². The Bertz CT molecular complexity index is 636. The largest absolute Gasteiger partial charge is 0.302 e. The standard InChI is InChI=1S/C13H16N4O2S2/c1-8(18)15-13-16-9(7-20-13)2-3-10-4-5-11(21-10)6-12(19)17-14/h4-5,7H,2-3,6,14H2,1H3,(H,17,19)(H,15,16,18). The average molecular weight is 324 g/mol. The van der Waals surface area contributed by atoms with Gasteiger partial charge in [-0.15, -0.1) is 22.7 Å². The Hall–Kier alpha value is -1.77. The van der Waals surface area contributed by atoms with Crippen molar-refractivity contribution >= 4 is 39.6 Å². The Morgan fingerprint density at radius 1 is 1.29 bits per heavy atom. The molecule has 0 aliphatic carbocycles. The molecule has 0 saturated heterocycles. The summed E-state index contributed by atoms with van der Waals surface area (Å²) in [4.78, 5) is 28.7. The van der Waals surface area contributed by atoms with Crippen LogP contribution >= 0.6 is 22.7 Å². The molecular weight excluding hydrogens is 308 g/mol. The summed E-state index contributed by atoms with van der Waals surface area (Å²) >= 11 is 3.03. The summed E-state index contributed by atoms with van der Waals surface area (Å²) in [6.45, 7) is 1.46. The molecule has 0 unspecified atom stereocenters. The molecule has 0 spiro atoms. The van der Waals surface area contributed by atoms with Gasteiger partial charge in [-0.05, 0) is 25.0 Å². The van der Waals surface area contributed by atoms with Gasteiger partial charge in [-0.2, -0.15) is 0 Å². The number of aromatic nitrogens is 1. The molecule has 21 heavy (non-hydrogen) atoms. The van der Waals surface area contributed by atoms with Gasteiger partial charge < -0.3 is 5.32 Å². The number of hydrogen-bond acceptors (Lipinski definition) is 6. The number of anilines is 1. The molecule has 6 nitrogen and oxygen atoms in total. The third-order valence-corrected chi connectivity index (χ3v) is 4.63. The number of hydrogen-bond donors (Lipinski definition) is 3. The Kier molecular flexibility index (Phi) is 5.43. The average Bonchev–Trinajstić information content (AvgIpc) is 3.05. The number of thiazole rings is 1. The minimum absolute atomic E-state index is 0.114. The lowest BCUT2D eigenvalue weighted by molar-refractivity contribution is -0.120. The Morgan fingerprint density at radius 3 is 2.76 bits per heavy atom. The number of carbonyl (C=O) groups excluding carboxylic acids is 2. The van der Waals surface area contributed by atoms with Crippen LogP contribution in [0.5, 0.6) is 0 Å². The third kappa shape index (κ3) is 4.92. The zero-order chi connectivity index (χ0) is 15.2. The topological polar surface area (TPSA) is 97.1 Å². The Morgan fingerprint density at radius 2 is 2.05 bits per heavy atom. The predicted octanol–water partition coefficient (Wildman–Crippen LogP) is 1.48. The monoisotopic (exact) mass is 324 g/mol. The van der Waals surface area contributed by atoms with Gasteiger partial charge in [0.2, 0.25) is 11.8 Å². The van der Waals surface area contributed by atoms with Crippen LogP contribution in [0, 0.1) is 0 Å². The van der Waals surface area contributed by atoms with Crippen molar-refractivity contribution in [3.8, 4) is 0 Å². The maximum Gasteiger partial charge on any atom is 0.239 e. The van der Waals surface area contributed by atoms with Gasteiger partial charge in [0, 0.05) is 22.1 Å². The van der Waals surface area contributed by atoms with E-state index in [2.05, 4.69) is 15.7 Å². The molecule has 0 radical (unpaired) electrons. The summed E-state index contributed by atoms with van der Waals surface area (Å²) in [5.41, 5.74) is 3.08. The lowest BCUT2D eigenvalue weighted by Crippen LogP contribution is -2.31. The van der Waals surface area contributed by atoms with Crippen LogP contribution < -0.4 is 16.6 Å². The van der Waals surface area contributed by atoms with Gasteiger partial charge in [-0.1, -0.05) is 0 Å². The second-order valence-corrected chi connectivity index (χ2v) is 6.55. The number of carbonyl (C=O) groups is 2. The number of nitrogens with one attached hydrogen (secondary N) is 2. The summed E-state index contributed by atoms with van der Waals surface area (Å²) in [5.74, 6) is 4.76. The Balaban J connectivity index is 1.86. The molecule has 8 heteroatoms. The molecule has 0 saturated carbocycles. The fourth-order valence-corrected chi connectivity index (χ4v) is 3.55. The van der Waals surface area contributed by atoms with Crippen LogP contribution in [-0.2, 0) is 28.9 Å². The van der Waals surface area contributed by atoms with E-state index in [0.717, 1.165) is 23.4 Å². The van der Waals surface area contributed by atoms with E-state index in [1.807, 2.05) is 17.5 Å². The zero-order valence-corrected chi connectivity index (χ0v) is 13.1. The van der Waals surface area contributed by atoms with Crippen molar-refractivity contribution in [2.24, 2.45) is 5.84 Å². The molecule has 112 valence electrons. The van der Waals surface area contributed by atoms with Crippen molar-refractivity contribution in [3.05, 3.63) is 33.0 Å². The SMILES string of the molecule is CC(=O)Nc1nc(CCc2ccc(CC(=O)NN)s2)cs1. The van der Waals surface area contributed by atoms with Gasteiger partial charge in [0.05, 0.1) is 12.1 Å². The van der Waals surface area contributed by atoms with Gasteiger partial charge in [0.25, 0.3) is 0 Å². The highest BCUT2D eigenvalue weighted by atomic mass is 32.1. The van der Waals surface area contributed by atoms with E-state index in [-0.39, 0.29) is 11.8 Å². The molecule has 0 bridgehead atoms. The quantitative estimate of drug-likeness (QED) is 0.426. The van der Waals surface area contributed by atoms with E-state index in [9.17, 15) is 9.59 Å². The molecule has 2 heterocycles. The highest BCUT2D eigenvalue weighted by Gasteiger charge is 2.07. The number of amides is 2. The van der Waals surface area contributed by atoms with E-state index in [0.29, 0.717) is 11.6 Å². The van der Waals surface area contributed by atoms with Crippen LogP contribution in [0.4, 0.5) is 5.13 Å². The summed E-state index contributed by atoms with van der Waals surface area (Å²) in [7, 11) is 0. The number of aryl methyl sites for hydroxylation is 2. The van der Waals surface area contributed by atoms with E-state index in [1.54, 1.807) is 11.3 Å². The van der Waals surface area contributed by atoms with Crippen molar-refractivity contribution < 1.29 is 9.59 Å². The van der Waals surface area contributed by atoms with Gasteiger partial charge in [-0.3, -0.25) is 15.0 Å². The first-order valence-corrected chi connectivity index (χ1v) is 8.05. The molecular formula is C13H16N4O2S2. The van der Waals surface area contributed by atoms with Crippen molar-refractivity contribution in [3.63, 3.8) is 0 Å². The van der Waals surface area contributed by atoms with E-state index in [1.165, 1.54) is 23.1 Å². The maximum absolute atomic E-state index is 11.2. The first kappa shape index (κ1) is 15.6. The second-order valence-electron chi connectivity index (χ2n) is 4.44. The Labute approximate surface area is 130 Å². The fourth-order valence-electron chi connectivity index (χ4n) is 1.74. The summed E-state index contributed by atoms with van der Waals surface area (Å²) < 4.78 is 0. The predicted molar refractivity (Wildman–Crippen MR) is 84.2 cm³/mol. The van der Waals surface area contributed by atoms with Crippen molar-refractivity contribution in [2.45, 2.75) is 26.2 Å². The first-order chi connectivity index (χ1) is 10.1. The molecule has 2 amide bonds. The molecule has 2 rings (SSSR count). The van der Waals surface area contributed by atoms with Crippen molar-refractivity contribution in [2.75, 3.05) is 5.32 Å². The number of rotatable bonds is 6. The van der Waals surface area contributed by atoms with E-state index < -0.39 is 0 Å². The normalized spacial score (nSPS) is 10.4. The van der Waals surface area contributed by atoms with Gasteiger partial charge >= 0.3 is 0 Å². The number of thiophene rings is 1. The minimum atomic E-state index is -0.192. The fraction of sp³-hybridized carbons (Fsp3) is 0.308. The zero-order valence-electron chi connectivity index (χ0n) is 11.5. The molecule has 4 N–H and O–H groups in total. The van der Waals surface area contributed by atoms with Crippen LogP contribution in [-0.4, -0.2) is 16.8 Å². The third-order valence-electron chi connectivity index (χ3n) is 2.68. The lowest BCUT2D eigenvalue weighted by atomic mass is 10.2. The van der Waals surface area contributed by atoms with Crippen molar-refractivity contribution in [1.29, 1.82) is 0 Å². The highest BCUT2D eigenvalue weighted by molar-refractivity contribution is 7.14. The number of hydrazine groups is 1. The van der Waals surface area contributed by atoms with Crippen LogP contribution in [0.15, 0.2) is 17.5 Å². The molecule has 2 aromatic heterocycles. The van der Waals surface area contributed by atoms with Crippen LogP contribution in [0.25, 0.3) is 0 Å². The van der Waals surface area contributed by atoms with Crippen molar-refractivity contribution in [1.82, 2.24) is 10.4 Å². The smallest absolute Gasteiger partial charge is 0.239 e. The summed E-state index contributed by atoms with van der Waals surface area (Å²) in [6, 6.07) is 3.96. The first-order valence-electron chi connectivity index (χ1n) is 6.36. The van der Waals surface area contributed by atoms with E-state index in [4.69, 9.17) is 5.84 Å². The van der Waals surface area contributed by atoms with Crippen LogP contribution in [0.1, 0.15) is 22.4 Å². The molecule has 0 aromatic carbocycles. The summed E-state index contributed by atoms with van der Waals surface area (Å²) in [5, 5.41) is 5.25. The number of nitrogens with two attached hydrogens (primary N) is 1. The summed E-state index contributed by atoms with van der Waals surface area (Å²) in [6.07, 6.45) is 1.97. The van der Waals surface area contributed by atoms with Gasteiger partial charge in [0.15, 0.2) is 5.13 Å². The molecule has 0 atom stereocenters. The number of nitrogens with zero attached hydrogens (tertiary/aromatic N) is 1.